The first-order valence-electron chi connectivity index (χ1n) is 15.1. The molecule has 0 fully saturated rings. The Labute approximate surface area is 223 Å². The molecule has 0 saturated carbocycles. The van der Waals surface area contributed by atoms with Crippen LogP contribution in [0.4, 0.5) is 0 Å². The molecule has 3 N–H and O–H groups in total. The van der Waals surface area contributed by atoms with Crippen molar-refractivity contribution in [2.45, 2.75) is 156 Å². The van der Waals surface area contributed by atoms with Crippen LogP contribution in [0, 0.1) is 5.41 Å². The number of ether oxygens (including phenoxy) is 1. The van der Waals surface area contributed by atoms with Crippen molar-refractivity contribution in [2.24, 2.45) is 5.41 Å². The summed E-state index contributed by atoms with van der Waals surface area (Å²) in [6, 6.07) is 0. The molecule has 0 aliphatic rings. The summed E-state index contributed by atoms with van der Waals surface area (Å²) in [5, 5.41) is 29.9. The third-order valence-electron chi connectivity index (χ3n) is 7.08. The first-order valence-corrected chi connectivity index (χ1v) is 15.1. The van der Waals surface area contributed by atoms with Crippen LogP contribution in [0.15, 0.2) is 0 Å². The molecule has 0 bridgehead atoms. The monoisotopic (exact) mass is 515 g/mol. The first kappa shape index (κ1) is 35.3. The summed E-state index contributed by atoms with van der Waals surface area (Å²) in [6.07, 6.45) is 16.8. The Morgan fingerprint density at radius 1 is 0.694 bits per heavy atom. The van der Waals surface area contributed by atoms with Gasteiger partial charge in [-0.15, -0.1) is 0 Å². The molecular weight excluding hydrogens is 454 g/mol. The molecule has 3 atom stereocenters. The van der Waals surface area contributed by atoms with E-state index in [1.165, 1.54) is 64.2 Å². The van der Waals surface area contributed by atoms with E-state index in [9.17, 15) is 20.1 Å². The highest BCUT2D eigenvalue weighted by Crippen LogP contribution is 2.33. The molecule has 3 unspecified atom stereocenters. The SMILES string of the molecule is CCCCCCCCCC(C)(CCCCCCCCC)C(=O)OCC(O)CN(CC(C)O)CC(C)O. The number of aliphatic hydroxyl groups excluding tert-OH is 3. The van der Waals surface area contributed by atoms with Crippen molar-refractivity contribution in [2.75, 3.05) is 26.2 Å². The Morgan fingerprint density at radius 3 is 1.47 bits per heavy atom. The normalized spacial score (nSPS) is 14.7. The second-order valence-electron chi connectivity index (χ2n) is 11.5. The average Bonchev–Trinajstić information content (AvgIpc) is 2.80. The van der Waals surface area contributed by atoms with Crippen molar-refractivity contribution >= 4 is 5.97 Å². The van der Waals surface area contributed by atoms with Crippen molar-refractivity contribution in [3.8, 4) is 0 Å². The fraction of sp³-hybridized carbons (Fsp3) is 0.967. The zero-order valence-corrected chi connectivity index (χ0v) is 24.5. The Morgan fingerprint density at radius 2 is 1.08 bits per heavy atom. The lowest BCUT2D eigenvalue weighted by molar-refractivity contribution is -0.159. The molecule has 0 rings (SSSR count). The van der Waals surface area contributed by atoms with Crippen LogP contribution in [0.5, 0.6) is 0 Å². The van der Waals surface area contributed by atoms with E-state index >= 15 is 0 Å². The standard InChI is InChI=1S/C30H61NO5/c1-6-8-10-12-14-16-18-20-30(5,21-19-17-15-13-11-9-7-2)29(35)36-25-28(34)24-31(22-26(3)32)23-27(4)33/h26-28,32-34H,6-25H2,1-5H3. The maximum Gasteiger partial charge on any atom is 0.311 e. The zero-order chi connectivity index (χ0) is 27.2. The number of hydrogen-bond acceptors (Lipinski definition) is 6. The van der Waals surface area contributed by atoms with Crippen molar-refractivity contribution < 1.29 is 24.9 Å². The van der Waals surface area contributed by atoms with Gasteiger partial charge in [-0.05, 0) is 33.6 Å². The third-order valence-corrected chi connectivity index (χ3v) is 7.08. The molecular formula is C30H61NO5. The summed E-state index contributed by atoms with van der Waals surface area (Å²) in [6.45, 7) is 10.8. The molecule has 6 heteroatoms. The first-order chi connectivity index (χ1) is 17.1. The van der Waals surface area contributed by atoms with Gasteiger partial charge in [0, 0.05) is 19.6 Å². The summed E-state index contributed by atoms with van der Waals surface area (Å²) in [4.78, 5) is 15.0. The van der Waals surface area contributed by atoms with Crippen LogP contribution in [0.3, 0.4) is 0 Å². The van der Waals surface area contributed by atoms with Crippen LogP contribution in [-0.4, -0.2) is 70.7 Å². The minimum absolute atomic E-state index is 0.0570. The molecule has 36 heavy (non-hydrogen) atoms. The van der Waals surface area contributed by atoms with E-state index in [0.717, 1.165) is 38.5 Å². The van der Waals surface area contributed by atoms with Gasteiger partial charge >= 0.3 is 5.97 Å². The second-order valence-corrected chi connectivity index (χ2v) is 11.5. The Hall–Kier alpha value is -0.690. The van der Waals surface area contributed by atoms with Gasteiger partial charge in [0.05, 0.1) is 17.6 Å². The van der Waals surface area contributed by atoms with Crippen molar-refractivity contribution in [1.82, 2.24) is 4.90 Å². The van der Waals surface area contributed by atoms with Gasteiger partial charge in [-0.2, -0.15) is 0 Å². The number of rotatable bonds is 25. The lowest BCUT2D eigenvalue weighted by Crippen LogP contribution is -2.43. The highest BCUT2D eigenvalue weighted by Gasteiger charge is 2.34. The van der Waals surface area contributed by atoms with Gasteiger partial charge in [0.15, 0.2) is 0 Å². The highest BCUT2D eigenvalue weighted by molar-refractivity contribution is 5.76. The molecule has 0 aliphatic heterocycles. The van der Waals surface area contributed by atoms with E-state index in [-0.39, 0.29) is 19.1 Å². The third kappa shape index (κ3) is 19.4. The van der Waals surface area contributed by atoms with Gasteiger partial charge < -0.3 is 20.1 Å². The largest absolute Gasteiger partial charge is 0.462 e. The summed E-state index contributed by atoms with van der Waals surface area (Å²) in [7, 11) is 0. The predicted octanol–water partition coefficient (Wildman–Crippen LogP) is 6.24. The van der Waals surface area contributed by atoms with E-state index < -0.39 is 23.7 Å². The summed E-state index contributed by atoms with van der Waals surface area (Å²) in [5.41, 5.74) is -0.508. The minimum atomic E-state index is -0.854. The lowest BCUT2D eigenvalue weighted by Gasteiger charge is -2.30. The van der Waals surface area contributed by atoms with Crippen LogP contribution in [0.1, 0.15) is 137 Å². The number of carbonyl (C=O) groups excluding carboxylic acids is 1. The summed E-state index contributed by atoms with van der Waals surface area (Å²) >= 11 is 0. The van der Waals surface area contributed by atoms with Gasteiger partial charge in [0.25, 0.3) is 0 Å². The maximum absolute atomic E-state index is 13.2. The fourth-order valence-electron chi connectivity index (χ4n) is 4.94. The van der Waals surface area contributed by atoms with E-state index in [1.54, 1.807) is 13.8 Å². The number of aliphatic hydroxyl groups is 3. The molecule has 0 aliphatic carbocycles. The predicted molar refractivity (Wildman–Crippen MR) is 150 cm³/mol. The quantitative estimate of drug-likeness (QED) is 0.0984. The van der Waals surface area contributed by atoms with Gasteiger partial charge in [-0.25, -0.2) is 0 Å². The molecule has 0 aromatic heterocycles. The number of hydrogen-bond donors (Lipinski definition) is 3. The molecule has 0 aromatic rings. The van der Waals surface area contributed by atoms with Gasteiger partial charge in [0.2, 0.25) is 0 Å². The Balaban J connectivity index is 4.75. The topological polar surface area (TPSA) is 90.2 Å². The average molecular weight is 516 g/mol. The van der Waals surface area contributed by atoms with E-state index in [0.29, 0.717) is 13.1 Å². The van der Waals surface area contributed by atoms with Crippen LogP contribution in [0.25, 0.3) is 0 Å². The maximum atomic E-state index is 13.2. The van der Waals surface area contributed by atoms with Gasteiger partial charge in [0.1, 0.15) is 12.7 Å². The number of carbonyl (C=O) groups is 1. The lowest BCUT2D eigenvalue weighted by atomic mass is 9.79. The van der Waals surface area contributed by atoms with Crippen LogP contribution >= 0.6 is 0 Å². The van der Waals surface area contributed by atoms with E-state index in [4.69, 9.17) is 4.74 Å². The Bertz CT molecular complexity index is 484. The fourth-order valence-corrected chi connectivity index (χ4v) is 4.94. The van der Waals surface area contributed by atoms with Gasteiger partial charge in [-0.1, -0.05) is 104 Å². The number of esters is 1. The zero-order valence-electron chi connectivity index (χ0n) is 24.5. The van der Waals surface area contributed by atoms with E-state index in [1.807, 2.05) is 11.8 Å². The molecule has 0 aromatic carbocycles. The molecule has 0 heterocycles. The molecule has 0 amide bonds. The van der Waals surface area contributed by atoms with Gasteiger partial charge in [-0.3, -0.25) is 9.69 Å². The van der Waals surface area contributed by atoms with Crippen molar-refractivity contribution in [1.29, 1.82) is 0 Å². The molecule has 6 nitrogen and oxygen atoms in total. The molecule has 0 spiro atoms. The summed E-state index contributed by atoms with van der Waals surface area (Å²) < 4.78 is 5.66. The van der Waals surface area contributed by atoms with E-state index in [2.05, 4.69) is 13.8 Å². The highest BCUT2D eigenvalue weighted by atomic mass is 16.5. The Kier molecular flexibility index (Phi) is 21.9. The molecule has 216 valence electrons. The smallest absolute Gasteiger partial charge is 0.311 e. The van der Waals surface area contributed by atoms with Crippen LogP contribution < -0.4 is 0 Å². The van der Waals surface area contributed by atoms with Crippen LogP contribution in [0.2, 0.25) is 0 Å². The molecule has 0 radical (unpaired) electrons. The number of unbranched alkanes of at least 4 members (excludes halogenated alkanes) is 12. The molecule has 0 saturated heterocycles. The summed E-state index contributed by atoms with van der Waals surface area (Å²) in [5.74, 6) is -0.198. The van der Waals surface area contributed by atoms with Crippen LogP contribution in [-0.2, 0) is 9.53 Å². The number of nitrogens with zero attached hydrogens (tertiary/aromatic N) is 1. The minimum Gasteiger partial charge on any atom is -0.462 e. The second kappa shape index (κ2) is 22.3. The van der Waals surface area contributed by atoms with Crippen molar-refractivity contribution in [3.63, 3.8) is 0 Å². The van der Waals surface area contributed by atoms with Crippen molar-refractivity contribution in [3.05, 3.63) is 0 Å².